The van der Waals surface area contributed by atoms with Crippen LogP contribution in [0.1, 0.15) is 33.1 Å². The van der Waals surface area contributed by atoms with Crippen LogP contribution in [0.5, 0.6) is 0 Å². The van der Waals surface area contributed by atoms with Gasteiger partial charge in [-0.15, -0.1) is 0 Å². The van der Waals surface area contributed by atoms with E-state index in [4.69, 9.17) is 10.5 Å². The SMILES string of the molecule is CCCCC(N)CN(C)CCOCC. The van der Waals surface area contributed by atoms with Crippen molar-refractivity contribution in [3.05, 3.63) is 0 Å². The lowest BCUT2D eigenvalue weighted by Gasteiger charge is -2.20. The average Bonchev–Trinajstić information content (AvgIpc) is 2.15. The van der Waals surface area contributed by atoms with E-state index in [1.54, 1.807) is 0 Å². The molecule has 2 N–H and O–H groups in total. The molecule has 0 aliphatic carbocycles. The van der Waals surface area contributed by atoms with Crippen molar-refractivity contribution in [2.24, 2.45) is 5.73 Å². The summed E-state index contributed by atoms with van der Waals surface area (Å²) in [7, 11) is 2.10. The first-order chi connectivity index (χ1) is 6.70. The zero-order valence-electron chi connectivity index (χ0n) is 9.96. The number of nitrogens with two attached hydrogens (primary N) is 1. The highest BCUT2D eigenvalue weighted by atomic mass is 16.5. The zero-order chi connectivity index (χ0) is 10.8. The first-order valence-corrected chi connectivity index (χ1v) is 5.72. The number of hydrogen-bond acceptors (Lipinski definition) is 3. The molecular weight excluding hydrogens is 176 g/mol. The van der Waals surface area contributed by atoms with Crippen LogP contribution in [0.4, 0.5) is 0 Å². The van der Waals surface area contributed by atoms with Gasteiger partial charge >= 0.3 is 0 Å². The highest BCUT2D eigenvalue weighted by Gasteiger charge is 2.05. The molecule has 0 amide bonds. The van der Waals surface area contributed by atoms with E-state index >= 15 is 0 Å². The van der Waals surface area contributed by atoms with Gasteiger partial charge in [0.15, 0.2) is 0 Å². The Morgan fingerprint density at radius 1 is 1.36 bits per heavy atom. The quantitative estimate of drug-likeness (QED) is 0.575. The molecule has 0 radical (unpaired) electrons. The van der Waals surface area contributed by atoms with Crippen LogP contribution in [-0.2, 0) is 4.74 Å². The van der Waals surface area contributed by atoms with Gasteiger partial charge in [0.25, 0.3) is 0 Å². The molecule has 1 unspecified atom stereocenters. The van der Waals surface area contributed by atoms with Crippen molar-refractivity contribution in [2.45, 2.75) is 39.2 Å². The van der Waals surface area contributed by atoms with Crippen LogP contribution in [0.2, 0.25) is 0 Å². The molecule has 0 saturated heterocycles. The molecule has 3 nitrogen and oxygen atoms in total. The molecule has 3 heteroatoms. The highest BCUT2D eigenvalue weighted by molar-refractivity contribution is 4.65. The van der Waals surface area contributed by atoms with E-state index in [0.717, 1.165) is 32.7 Å². The third-order valence-corrected chi connectivity index (χ3v) is 2.30. The average molecular weight is 202 g/mol. The summed E-state index contributed by atoms with van der Waals surface area (Å²) in [6, 6.07) is 0.321. The number of likely N-dealkylation sites (N-methyl/N-ethyl adjacent to an activating group) is 1. The molecule has 0 aromatic carbocycles. The summed E-state index contributed by atoms with van der Waals surface area (Å²) < 4.78 is 5.28. The van der Waals surface area contributed by atoms with E-state index < -0.39 is 0 Å². The molecule has 0 aliphatic rings. The summed E-state index contributed by atoms with van der Waals surface area (Å²) in [5, 5.41) is 0. The summed E-state index contributed by atoms with van der Waals surface area (Å²) in [6.07, 6.45) is 3.60. The molecule has 0 rings (SSSR count). The van der Waals surface area contributed by atoms with Crippen LogP contribution in [0.15, 0.2) is 0 Å². The molecule has 14 heavy (non-hydrogen) atoms. The second-order valence-corrected chi connectivity index (χ2v) is 3.86. The van der Waals surface area contributed by atoms with Gasteiger partial charge in [0.05, 0.1) is 6.61 Å². The molecule has 0 aromatic heterocycles. The molecule has 0 spiro atoms. The lowest BCUT2D eigenvalue weighted by atomic mass is 10.1. The fourth-order valence-electron chi connectivity index (χ4n) is 1.41. The maximum absolute atomic E-state index is 5.98. The predicted octanol–water partition coefficient (Wildman–Crippen LogP) is 1.47. The summed E-state index contributed by atoms with van der Waals surface area (Å²) in [5.41, 5.74) is 5.98. The van der Waals surface area contributed by atoms with Gasteiger partial charge in [-0.1, -0.05) is 19.8 Å². The van der Waals surface area contributed by atoms with Gasteiger partial charge in [-0.3, -0.25) is 0 Å². The molecule has 86 valence electrons. The van der Waals surface area contributed by atoms with Crippen molar-refractivity contribution < 1.29 is 4.74 Å². The third kappa shape index (κ3) is 8.48. The van der Waals surface area contributed by atoms with E-state index in [2.05, 4.69) is 18.9 Å². The number of ether oxygens (including phenoxy) is 1. The minimum absolute atomic E-state index is 0.321. The molecule has 0 heterocycles. The van der Waals surface area contributed by atoms with Gasteiger partial charge in [0, 0.05) is 25.7 Å². The Kier molecular flexibility index (Phi) is 9.35. The van der Waals surface area contributed by atoms with E-state index in [1.165, 1.54) is 12.8 Å². The Balaban J connectivity index is 3.35. The normalized spacial score (nSPS) is 13.5. The van der Waals surface area contributed by atoms with Crippen LogP contribution in [-0.4, -0.2) is 44.3 Å². The Bertz CT molecular complexity index is 120. The Labute approximate surface area is 88.6 Å². The molecular formula is C11H26N2O. The number of nitrogens with zero attached hydrogens (tertiary/aromatic N) is 1. The summed E-state index contributed by atoms with van der Waals surface area (Å²) in [5.74, 6) is 0. The Hall–Kier alpha value is -0.120. The molecule has 0 saturated carbocycles. The number of hydrogen-bond donors (Lipinski definition) is 1. The van der Waals surface area contributed by atoms with Gasteiger partial charge < -0.3 is 15.4 Å². The van der Waals surface area contributed by atoms with Gasteiger partial charge in [-0.2, -0.15) is 0 Å². The Morgan fingerprint density at radius 2 is 2.07 bits per heavy atom. The zero-order valence-corrected chi connectivity index (χ0v) is 9.96. The van der Waals surface area contributed by atoms with Gasteiger partial charge in [0.2, 0.25) is 0 Å². The molecule has 0 aromatic rings. The van der Waals surface area contributed by atoms with Crippen molar-refractivity contribution in [3.8, 4) is 0 Å². The second-order valence-electron chi connectivity index (χ2n) is 3.86. The van der Waals surface area contributed by atoms with E-state index in [0.29, 0.717) is 6.04 Å². The standard InChI is InChI=1S/C11H26N2O/c1-4-6-7-11(12)10-13(3)8-9-14-5-2/h11H,4-10,12H2,1-3H3. The molecule has 0 bridgehead atoms. The first-order valence-electron chi connectivity index (χ1n) is 5.72. The van der Waals surface area contributed by atoms with Crippen molar-refractivity contribution in [2.75, 3.05) is 33.4 Å². The highest BCUT2D eigenvalue weighted by Crippen LogP contribution is 1.99. The van der Waals surface area contributed by atoms with E-state index in [-0.39, 0.29) is 0 Å². The lowest BCUT2D eigenvalue weighted by Crippen LogP contribution is -2.36. The summed E-state index contributed by atoms with van der Waals surface area (Å²) in [6.45, 7) is 7.79. The second kappa shape index (κ2) is 9.44. The largest absolute Gasteiger partial charge is 0.380 e. The van der Waals surface area contributed by atoms with Crippen molar-refractivity contribution in [3.63, 3.8) is 0 Å². The topological polar surface area (TPSA) is 38.5 Å². The third-order valence-electron chi connectivity index (χ3n) is 2.30. The summed E-state index contributed by atoms with van der Waals surface area (Å²) >= 11 is 0. The minimum Gasteiger partial charge on any atom is -0.380 e. The molecule has 1 atom stereocenters. The fourth-order valence-corrected chi connectivity index (χ4v) is 1.41. The monoisotopic (exact) mass is 202 g/mol. The lowest BCUT2D eigenvalue weighted by molar-refractivity contribution is 0.120. The van der Waals surface area contributed by atoms with Gasteiger partial charge in [-0.05, 0) is 20.4 Å². The number of unbranched alkanes of at least 4 members (excludes halogenated alkanes) is 1. The van der Waals surface area contributed by atoms with Crippen LogP contribution in [0.25, 0.3) is 0 Å². The van der Waals surface area contributed by atoms with Gasteiger partial charge in [0.1, 0.15) is 0 Å². The molecule has 0 aliphatic heterocycles. The van der Waals surface area contributed by atoms with Crippen LogP contribution in [0.3, 0.4) is 0 Å². The van der Waals surface area contributed by atoms with Gasteiger partial charge in [-0.25, -0.2) is 0 Å². The predicted molar refractivity (Wildman–Crippen MR) is 61.5 cm³/mol. The minimum atomic E-state index is 0.321. The first kappa shape index (κ1) is 13.9. The fraction of sp³-hybridized carbons (Fsp3) is 1.00. The van der Waals surface area contributed by atoms with Crippen molar-refractivity contribution in [1.82, 2.24) is 4.90 Å². The van der Waals surface area contributed by atoms with Crippen molar-refractivity contribution in [1.29, 1.82) is 0 Å². The van der Waals surface area contributed by atoms with Crippen LogP contribution < -0.4 is 5.73 Å². The maximum Gasteiger partial charge on any atom is 0.0593 e. The van der Waals surface area contributed by atoms with Crippen LogP contribution >= 0.6 is 0 Å². The van der Waals surface area contributed by atoms with E-state index in [9.17, 15) is 0 Å². The summed E-state index contributed by atoms with van der Waals surface area (Å²) in [4.78, 5) is 2.25. The van der Waals surface area contributed by atoms with Crippen molar-refractivity contribution >= 4 is 0 Å². The Morgan fingerprint density at radius 3 is 2.64 bits per heavy atom. The maximum atomic E-state index is 5.98. The number of rotatable bonds is 9. The van der Waals surface area contributed by atoms with Crippen LogP contribution in [0, 0.1) is 0 Å². The smallest absolute Gasteiger partial charge is 0.0593 e. The van der Waals surface area contributed by atoms with E-state index in [1.807, 2.05) is 6.92 Å². The molecule has 0 fully saturated rings.